The van der Waals surface area contributed by atoms with Gasteiger partial charge in [0.1, 0.15) is 4.60 Å². The van der Waals surface area contributed by atoms with Crippen LogP contribution in [0.3, 0.4) is 0 Å². The molecule has 26 heavy (non-hydrogen) atoms. The van der Waals surface area contributed by atoms with E-state index in [1.165, 1.54) is 5.56 Å². The first-order valence-corrected chi connectivity index (χ1v) is 10.3. The molecule has 136 valence electrons. The Labute approximate surface area is 164 Å². The molecule has 0 unspecified atom stereocenters. The van der Waals surface area contributed by atoms with Crippen LogP contribution in [0.5, 0.6) is 0 Å². The number of aryl methyl sites for hydroxylation is 2. The minimum absolute atomic E-state index is 0.0764. The van der Waals surface area contributed by atoms with E-state index >= 15 is 0 Å². The average Bonchev–Trinajstić information content (AvgIpc) is 3.06. The maximum atomic E-state index is 12.2. The predicted molar refractivity (Wildman–Crippen MR) is 110 cm³/mol. The van der Waals surface area contributed by atoms with Gasteiger partial charge in [0.15, 0.2) is 0 Å². The van der Waals surface area contributed by atoms with Gasteiger partial charge in [-0.2, -0.15) is 11.8 Å². The van der Waals surface area contributed by atoms with Crippen molar-refractivity contribution in [2.75, 3.05) is 17.6 Å². The summed E-state index contributed by atoms with van der Waals surface area (Å²) in [5, 5.41) is 3.16. The van der Waals surface area contributed by atoms with E-state index in [0.29, 0.717) is 17.9 Å². The third-order valence-electron chi connectivity index (χ3n) is 3.85. The second kappa shape index (κ2) is 9.59. The van der Waals surface area contributed by atoms with Gasteiger partial charge < -0.3 is 10.3 Å². The van der Waals surface area contributed by atoms with E-state index in [0.717, 1.165) is 34.8 Å². The molecule has 0 saturated heterocycles. The Morgan fingerprint density at radius 2 is 2.00 bits per heavy atom. The Bertz CT molecular complexity index is 881. The molecule has 0 bridgehead atoms. The lowest BCUT2D eigenvalue weighted by Crippen LogP contribution is -2.18. The van der Waals surface area contributed by atoms with Crippen LogP contribution in [-0.4, -0.2) is 32.2 Å². The molecule has 3 aromatic rings. The minimum atomic E-state index is -0.0764. The molecule has 0 spiro atoms. The fourth-order valence-corrected chi connectivity index (χ4v) is 3.79. The molecule has 3 N–H and O–H groups in total. The Hall–Kier alpha value is -2.06. The monoisotopic (exact) mass is 433 g/mol. The summed E-state index contributed by atoms with van der Waals surface area (Å²) in [6, 6.07) is 10.1. The van der Waals surface area contributed by atoms with E-state index < -0.39 is 0 Å². The number of nitrogens with zero attached hydrogens (tertiary/aromatic N) is 2. The highest BCUT2D eigenvalue weighted by atomic mass is 79.9. The summed E-state index contributed by atoms with van der Waals surface area (Å²) in [4.78, 5) is 26.5. The van der Waals surface area contributed by atoms with Gasteiger partial charge in [-0.05, 0) is 34.3 Å². The summed E-state index contributed by atoms with van der Waals surface area (Å²) in [6.45, 7) is 0.725. The van der Waals surface area contributed by atoms with Crippen LogP contribution in [0.25, 0.3) is 0 Å². The number of benzene rings is 1. The summed E-state index contributed by atoms with van der Waals surface area (Å²) in [5.74, 6) is 2.26. The molecule has 0 radical (unpaired) electrons. The molecule has 0 atom stereocenters. The average molecular weight is 434 g/mol. The first-order valence-electron chi connectivity index (χ1n) is 8.34. The highest BCUT2D eigenvalue weighted by Crippen LogP contribution is 2.17. The number of hydrogen-bond acceptors (Lipinski definition) is 5. The van der Waals surface area contributed by atoms with Crippen molar-refractivity contribution in [3.05, 3.63) is 74.6 Å². The van der Waals surface area contributed by atoms with Crippen molar-refractivity contribution in [2.24, 2.45) is 0 Å². The fraction of sp³-hybridized carbons (Fsp3) is 0.278. The van der Waals surface area contributed by atoms with Crippen molar-refractivity contribution in [2.45, 2.75) is 18.6 Å². The number of nitrogens with one attached hydrogen (secondary N) is 3. The second-order valence-electron chi connectivity index (χ2n) is 5.72. The Kier molecular flexibility index (Phi) is 6.90. The number of anilines is 1. The van der Waals surface area contributed by atoms with Gasteiger partial charge in [-0.3, -0.25) is 9.78 Å². The van der Waals surface area contributed by atoms with E-state index in [-0.39, 0.29) is 5.56 Å². The zero-order valence-electron chi connectivity index (χ0n) is 14.2. The quantitative estimate of drug-likeness (QED) is 0.450. The maximum absolute atomic E-state index is 12.2. The molecule has 6 nitrogen and oxygen atoms in total. The van der Waals surface area contributed by atoms with Gasteiger partial charge in [-0.25, -0.2) is 9.97 Å². The first-order chi connectivity index (χ1) is 12.7. The molecular formula is C18H20BrN5OS. The second-order valence-corrected chi connectivity index (χ2v) is 7.58. The topological polar surface area (TPSA) is 86.5 Å². The number of thioether (sulfide) groups is 1. The van der Waals surface area contributed by atoms with Crippen LogP contribution >= 0.6 is 27.7 Å². The SMILES string of the molecule is O=c1[nH]c(NCCSCc2[nH]cnc2Br)ncc1CCc1ccccc1. The third kappa shape index (κ3) is 5.47. The Morgan fingerprint density at radius 3 is 2.73 bits per heavy atom. The number of aromatic amines is 2. The predicted octanol–water partition coefficient (Wildman–Crippen LogP) is 3.39. The van der Waals surface area contributed by atoms with Gasteiger partial charge >= 0.3 is 0 Å². The number of rotatable bonds is 9. The van der Waals surface area contributed by atoms with Crippen molar-refractivity contribution in [3.8, 4) is 0 Å². The van der Waals surface area contributed by atoms with Gasteiger partial charge in [0, 0.05) is 29.8 Å². The molecule has 1 aromatic carbocycles. The molecule has 3 rings (SSSR count). The van der Waals surface area contributed by atoms with Crippen molar-refractivity contribution >= 4 is 33.6 Å². The molecule has 0 aliphatic heterocycles. The van der Waals surface area contributed by atoms with Crippen LogP contribution < -0.4 is 10.9 Å². The Balaban J connectivity index is 1.42. The number of H-pyrrole nitrogens is 2. The standard InChI is InChI=1S/C18H20BrN5OS/c19-16-15(22-12-23-16)11-26-9-8-20-18-21-10-14(17(25)24-18)7-6-13-4-2-1-3-5-13/h1-5,10,12H,6-9,11H2,(H,22,23)(H2,20,21,24,25). The van der Waals surface area contributed by atoms with E-state index in [9.17, 15) is 4.79 Å². The summed E-state index contributed by atoms with van der Waals surface area (Å²) in [6.07, 6.45) is 4.85. The molecular weight excluding hydrogens is 414 g/mol. The zero-order valence-corrected chi connectivity index (χ0v) is 16.6. The molecule has 2 heterocycles. The summed E-state index contributed by atoms with van der Waals surface area (Å²) in [7, 11) is 0. The lowest BCUT2D eigenvalue weighted by molar-refractivity contribution is 0.911. The van der Waals surface area contributed by atoms with Crippen LogP contribution in [0, 0.1) is 0 Å². The van der Waals surface area contributed by atoms with Crippen LogP contribution in [0.1, 0.15) is 16.8 Å². The van der Waals surface area contributed by atoms with Crippen LogP contribution in [-0.2, 0) is 18.6 Å². The third-order valence-corrected chi connectivity index (χ3v) is 5.52. The van der Waals surface area contributed by atoms with E-state index in [4.69, 9.17) is 0 Å². The molecule has 0 saturated carbocycles. The van der Waals surface area contributed by atoms with Crippen LogP contribution in [0.15, 0.2) is 52.3 Å². The van der Waals surface area contributed by atoms with Gasteiger partial charge in [0.05, 0.1) is 12.0 Å². The molecule has 0 aliphatic carbocycles. The molecule has 0 fully saturated rings. The maximum Gasteiger partial charge on any atom is 0.255 e. The normalized spacial score (nSPS) is 10.8. The summed E-state index contributed by atoms with van der Waals surface area (Å²) in [5.41, 5.74) is 2.92. The van der Waals surface area contributed by atoms with Gasteiger partial charge in [0.2, 0.25) is 5.95 Å². The zero-order chi connectivity index (χ0) is 18.2. The lowest BCUT2D eigenvalue weighted by atomic mass is 10.1. The van der Waals surface area contributed by atoms with Crippen molar-refractivity contribution < 1.29 is 0 Å². The van der Waals surface area contributed by atoms with Gasteiger partial charge in [0.25, 0.3) is 5.56 Å². The number of hydrogen-bond donors (Lipinski definition) is 3. The van der Waals surface area contributed by atoms with Gasteiger partial charge in [-0.15, -0.1) is 0 Å². The van der Waals surface area contributed by atoms with Crippen molar-refractivity contribution in [3.63, 3.8) is 0 Å². The number of halogens is 1. The molecule has 8 heteroatoms. The largest absolute Gasteiger partial charge is 0.355 e. The highest BCUT2D eigenvalue weighted by molar-refractivity contribution is 9.10. The van der Waals surface area contributed by atoms with E-state index in [2.05, 4.69) is 53.3 Å². The van der Waals surface area contributed by atoms with Crippen LogP contribution in [0.4, 0.5) is 5.95 Å². The van der Waals surface area contributed by atoms with Crippen molar-refractivity contribution in [1.29, 1.82) is 0 Å². The highest BCUT2D eigenvalue weighted by Gasteiger charge is 2.04. The molecule has 0 amide bonds. The van der Waals surface area contributed by atoms with Gasteiger partial charge in [-0.1, -0.05) is 30.3 Å². The summed E-state index contributed by atoms with van der Waals surface area (Å²) >= 11 is 5.17. The van der Waals surface area contributed by atoms with E-state index in [1.807, 2.05) is 18.2 Å². The fourth-order valence-electron chi connectivity index (χ4n) is 2.43. The van der Waals surface area contributed by atoms with Crippen LogP contribution in [0.2, 0.25) is 0 Å². The van der Waals surface area contributed by atoms with Crippen molar-refractivity contribution in [1.82, 2.24) is 19.9 Å². The lowest BCUT2D eigenvalue weighted by Gasteiger charge is -2.06. The molecule has 2 aromatic heterocycles. The Morgan fingerprint density at radius 1 is 1.15 bits per heavy atom. The number of imidazole rings is 1. The number of aromatic nitrogens is 4. The molecule has 0 aliphatic rings. The summed E-state index contributed by atoms with van der Waals surface area (Å²) < 4.78 is 0.857. The first kappa shape index (κ1) is 18.7. The minimum Gasteiger partial charge on any atom is -0.355 e. The smallest absolute Gasteiger partial charge is 0.255 e. The van der Waals surface area contributed by atoms with E-state index in [1.54, 1.807) is 24.3 Å².